The number of carbonyl (C=O) groups is 1. The third kappa shape index (κ3) is 3.77. The molecule has 1 N–H and O–H groups in total. The van der Waals surface area contributed by atoms with Crippen LogP contribution < -0.4 is 0 Å². The van der Waals surface area contributed by atoms with E-state index in [9.17, 15) is 9.90 Å². The summed E-state index contributed by atoms with van der Waals surface area (Å²) in [5, 5.41) is 16.5. The fourth-order valence-corrected chi connectivity index (χ4v) is 4.52. The smallest absolute Gasteiger partial charge is 0.223 e. The maximum absolute atomic E-state index is 12.5. The van der Waals surface area contributed by atoms with Gasteiger partial charge in [-0.05, 0) is 59.5 Å². The Labute approximate surface area is 139 Å². The Bertz CT molecular complexity index is 580. The highest BCUT2D eigenvalue weighted by molar-refractivity contribution is 7.10. The number of amides is 1. The minimum Gasteiger partial charge on any atom is -0.387 e. The van der Waals surface area contributed by atoms with Crippen LogP contribution in [0.3, 0.4) is 0 Å². The second-order valence-corrected chi connectivity index (χ2v) is 7.54. The first-order valence-electron chi connectivity index (χ1n) is 7.76. The van der Waals surface area contributed by atoms with E-state index < -0.39 is 6.10 Å². The highest BCUT2D eigenvalue weighted by atomic mass is 32.1. The van der Waals surface area contributed by atoms with E-state index in [0.717, 1.165) is 30.7 Å². The first-order chi connectivity index (χ1) is 10.7. The van der Waals surface area contributed by atoms with Crippen LogP contribution in [0.1, 0.15) is 42.2 Å². The fourth-order valence-electron chi connectivity index (χ4n) is 3.09. The third-order valence-corrected chi connectivity index (χ3v) is 5.98. The predicted octanol–water partition coefficient (Wildman–Crippen LogP) is 3.86. The lowest BCUT2D eigenvalue weighted by molar-refractivity contribution is -0.132. The van der Waals surface area contributed by atoms with Crippen LogP contribution in [-0.2, 0) is 11.2 Å². The van der Waals surface area contributed by atoms with Crippen LogP contribution in [0.15, 0.2) is 34.3 Å². The molecule has 1 fully saturated rings. The Kier molecular flexibility index (Phi) is 5.28. The molecular weight excluding hydrogens is 314 g/mol. The lowest BCUT2D eigenvalue weighted by Crippen LogP contribution is -2.36. The molecule has 0 saturated carbocycles. The Hall–Kier alpha value is -1.17. The highest BCUT2D eigenvalue weighted by Gasteiger charge is 2.30. The van der Waals surface area contributed by atoms with Gasteiger partial charge in [0.25, 0.3) is 0 Å². The summed E-state index contributed by atoms with van der Waals surface area (Å²) in [7, 11) is 0. The largest absolute Gasteiger partial charge is 0.387 e. The van der Waals surface area contributed by atoms with Crippen molar-refractivity contribution in [1.29, 1.82) is 0 Å². The number of carbonyl (C=O) groups excluding carboxylic acids is 1. The lowest BCUT2D eigenvalue weighted by atomic mass is 10.1. The summed E-state index contributed by atoms with van der Waals surface area (Å²) in [6.07, 6.45) is 3.65. The zero-order chi connectivity index (χ0) is 15.4. The second kappa shape index (κ2) is 7.40. The standard InChI is InChI=1S/C17H21NO2S2/c19-15(16-4-2-9-22-16)11-14-3-1-8-18(14)17(20)6-5-13-7-10-21-12-13/h2,4,7,9-10,12,14-15,19H,1,3,5-6,8,11H2/t14-,15+/m1/s1. The van der Waals surface area contributed by atoms with E-state index in [2.05, 4.69) is 16.8 Å². The van der Waals surface area contributed by atoms with E-state index in [4.69, 9.17) is 0 Å². The van der Waals surface area contributed by atoms with Gasteiger partial charge in [-0.15, -0.1) is 11.3 Å². The van der Waals surface area contributed by atoms with E-state index in [0.29, 0.717) is 12.8 Å². The number of rotatable bonds is 6. The third-order valence-electron chi connectivity index (χ3n) is 4.27. The molecular formula is C17H21NO2S2. The Morgan fingerprint density at radius 3 is 3.05 bits per heavy atom. The molecule has 2 aromatic rings. The molecule has 118 valence electrons. The molecule has 0 unspecified atom stereocenters. The minimum atomic E-state index is -0.449. The van der Waals surface area contributed by atoms with Crippen molar-refractivity contribution < 1.29 is 9.90 Å². The van der Waals surface area contributed by atoms with Gasteiger partial charge in [0.1, 0.15) is 0 Å². The molecule has 5 heteroatoms. The van der Waals surface area contributed by atoms with Gasteiger partial charge in [0, 0.05) is 23.9 Å². The van der Waals surface area contributed by atoms with E-state index >= 15 is 0 Å². The van der Waals surface area contributed by atoms with Crippen molar-refractivity contribution in [3.8, 4) is 0 Å². The number of aliphatic hydroxyl groups excluding tert-OH is 1. The number of nitrogens with zero attached hydrogens (tertiary/aromatic N) is 1. The molecule has 3 heterocycles. The molecule has 1 aliphatic heterocycles. The SMILES string of the molecule is O=C(CCc1ccsc1)N1CCC[C@@H]1C[C@H](O)c1cccs1. The van der Waals surface area contributed by atoms with E-state index in [1.54, 1.807) is 22.7 Å². The Balaban J connectivity index is 1.54. The maximum Gasteiger partial charge on any atom is 0.223 e. The molecule has 2 atom stereocenters. The van der Waals surface area contributed by atoms with Crippen LogP contribution in [0.5, 0.6) is 0 Å². The number of aliphatic hydroxyl groups is 1. The summed E-state index contributed by atoms with van der Waals surface area (Å²) in [6, 6.07) is 6.20. The van der Waals surface area contributed by atoms with Gasteiger partial charge in [0.2, 0.25) is 5.91 Å². The molecule has 3 nitrogen and oxygen atoms in total. The van der Waals surface area contributed by atoms with E-state index in [1.807, 2.05) is 22.4 Å². The number of likely N-dealkylation sites (tertiary alicyclic amines) is 1. The molecule has 1 amide bonds. The van der Waals surface area contributed by atoms with E-state index in [1.165, 1.54) is 5.56 Å². The van der Waals surface area contributed by atoms with Crippen LogP contribution in [0.4, 0.5) is 0 Å². The Morgan fingerprint density at radius 1 is 1.41 bits per heavy atom. The zero-order valence-corrected chi connectivity index (χ0v) is 14.1. The van der Waals surface area contributed by atoms with Crippen molar-refractivity contribution in [2.24, 2.45) is 0 Å². The number of hydrogen-bond donors (Lipinski definition) is 1. The van der Waals surface area contributed by atoms with Gasteiger partial charge >= 0.3 is 0 Å². The molecule has 0 spiro atoms. The highest BCUT2D eigenvalue weighted by Crippen LogP contribution is 2.30. The van der Waals surface area contributed by atoms with Crippen molar-refractivity contribution in [3.05, 3.63) is 44.8 Å². The molecule has 0 bridgehead atoms. The van der Waals surface area contributed by atoms with Gasteiger partial charge < -0.3 is 10.0 Å². The van der Waals surface area contributed by atoms with Gasteiger partial charge in [0.15, 0.2) is 0 Å². The molecule has 1 saturated heterocycles. The Morgan fingerprint density at radius 2 is 2.32 bits per heavy atom. The summed E-state index contributed by atoms with van der Waals surface area (Å²) in [5.74, 6) is 0.229. The van der Waals surface area contributed by atoms with Crippen LogP contribution in [0, 0.1) is 0 Å². The first-order valence-corrected chi connectivity index (χ1v) is 9.58. The zero-order valence-electron chi connectivity index (χ0n) is 12.5. The number of hydrogen-bond acceptors (Lipinski definition) is 4. The molecule has 0 aliphatic carbocycles. The van der Waals surface area contributed by atoms with Gasteiger partial charge in [-0.2, -0.15) is 11.3 Å². The van der Waals surface area contributed by atoms with Gasteiger partial charge in [-0.3, -0.25) is 4.79 Å². The molecule has 0 radical (unpaired) electrons. The van der Waals surface area contributed by atoms with Crippen LogP contribution in [0.2, 0.25) is 0 Å². The molecule has 3 rings (SSSR count). The van der Waals surface area contributed by atoms with Crippen molar-refractivity contribution in [2.75, 3.05) is 6.54 Å². The average molecular weight is 335 g/mol. The maximum atomic E-state index is 12.5. The van der Waals surface area contributed by atoms with Crippen LogP contribution in [0.25, 0.3) is 0 Å². The number of aryl methyl sites for hydroxylation is 1. The fraction of sp³-hybridized carbons (Fsp3) is 0.471. The summed E-state index contributed by atoms with van der Waals surface area (Å²) >= 11 is 3.25. The molecule has 2 aromatic heterocycles. The monoisotopic (exact) mass is 335 g/mol. The van der Waals surface area contributed by atoms with Crippen LogP contribution >= 0.6 is 22.7 Å². The lowest BCUT2D eigenvalue weighted by Gasteiger charge is -2.26. The minimum absolute atomic E-state index is 0.187. The topological polar surface area (TPSA) is 40.5 Å². The summed E-state index contributed by atoms with van der Waals surface area (Å²) in [5.41, 5.74) is 1.24. The first kappa shape index (κ1) is 15.7. The summed E-state index contributed by atoms with van der Waals surface area (Å²) in [6.45, 7) is 0.838. The second-order valence-electron chi connectivity index (χ2n) is 5.78. The van der Waals surface area contributed by atoms with Crippen molar-refractivity contribution >= 4 is 28.6 Å². The van der Waals surface area contributed by atoms with Gasteiger partial charge in [0.05, 0.1) is 6.10 Å². The predicted molar refractivity (Wildman–Crippen MR) is 91.3 cm³/mol. The van der Waals surface area contributed by atoms with Crippen molar-refractivity contribution in [3.63, 3.8) is 0 Å². The average Bonchev–Trinajstić information content (AvgIpc) is 3.25. The molecule has 22 heavy (non-hydrogen) atoms. The number of thiophene rings is 2. The normalized spacial score (nSPS) is 19.5. The van der Waals surface area contributed by atoms with Gasteiger partial charge in [-0.25, -0.2) is 0 Å². The van der Waals surface area contributed by atoms with Crippen LogP contribution in [-0.4, -0.2) is 28.5 Å². The molecule has 1 aliphatic rings. The van der Waals surface area contributed by atoms with E-state index in [-0.39, 0.29) is 11.9 Å². The summed E-state index contributed by atoms with van der Waals surface area (Å²) < 4.78 is 0. The van der Waals surface area contributed by atoms with Gasteiger partial charge in [-0.1, -0.05) is 6.07 Å². The quantitative estimate of drug-likeness (QED) is 0.871. The molecule has 0 aromatic carbocycles. The van der Waals surface area contributed by atoms with Crippen molar-refractivity contribution in [2.45, 2.75) is 44.2 Å². The van der Waals surface area contributed by atoms with Crippen molar-refractivity contribution in [1.82, 2.24) is 4.90 Å². The summed E-state index contributed by atoms with van der Waals surface area (Å²) in [4.78, 5) is 15.5.